The molecule has 2 fully saturated rings. The van der Waals surface area contributed by atoms with E-state index in [4.69, 9.17) is 4.74 Å². The number of rotatable bonds is 3. The number of urea groups is 1. The van der Waals surface area contributed by atoms with E-state index in [2.05, 4.69) is 10.2 Å². The minimum Gasteiger partial charge on any atom is -0.377 e. The Morgan fingerprint density at radius 3 is 2.52 bits per heavy atom. The molecule has 2 saturated heterocycles. The van der Waals surface area contributed by atoms with Crippen LogP contribution in [0.2, 0.25) is 0 Å². The average Bonchev–Trinajstić information content (AvgIpc) is 3.04. The van der Waals surface area contributed by atoms with Gasteiger partial charge in [0.05, 0.1) is 6.10 Å². The molecule has 3 rings (SSSR count). The molecule has 126 valence electrons. The summed E-state index contributed by atoms with van der Waals surface area (Å²) < 4.78 is 32.8. The second-order valence-electron chi connectivity index (χ2n) is 5.95. The number of hydrogen-bond donors (Lipinski definition) is 1. The van der Waals surface area contributed by atoms with Crippen molar-refractivity contribution in [1.29, 1.82) is 0 Å². The molecule has 23 heavy (non-hydrogen) atoms. The second kappa shape index (κ2) is 7.23. The predicted molar refractivity (Wildman–Crippen MR) is 82.4 cm³/mol. The summed E-state index contributed by atoms with van der Waals surface area (Å²) in [5, 5.41) is 2.33. The molecule has 1 N–H and O–H groups in total. The minimum absolute atomic E-state index is 0.294. The van der Waals surface area contributed by atoms with Crippen molar-refractivity contribution in [2.75, 3.05) is 44.6 Å². The topological polar surface area (TPSA) is 44.8 Å². The molecule has 2 amide bonds. The summed E-state index contributed by atoms with van der Waals surface area (Å²) in [6.45, 7) is 4.28. The van der Waals surface area contributed by atoms with Crippen LogP contribution in [0.1, 0.15) is 12.8 Å². The Labute approximate surface area is 134 Å². The van der Waals surface area contributed by atoms with E-state index in [1.54, 1.807) is 4.90 Å². The van der Waals surface area contributed by atoms with Crippen LogP contribution in [0.15, 0.2) is 18.2 Å². The first-order valence-electron chi connectivity index (χ1n) is 7.97. The predicted octanol–water partition coefficient (Wildman–Crippen LogP) is 2.29. The van der Waals surface area contributed by atoms with Gasteiger partial charge in [0.25, 0.3) is 0 Å². The Kier molecular flexibility index (Phi) is 5.07. The van der Waals surface area contributed by atoms with Gasteiger partial charge < -0.3 is 15.0 Å². The highest BCUT2D eigenvalue weighted by molar-refractivity contribution is 5.89. The zero-order valence-corrected chi connectivity index (χ0v) is 12.9. The van der Waals surface area contributed by atoms with Crippen molar-refractivity contribution in [1.82, 2.24) is 9.80 Å². The molecule has 0 spiro atoms. The van der Waals surface area contributed by atoms with Gasteiger partial charge in [-0.3, -0.25) is 4.90 Å². The monoisotopic (exact) mass is 325 g/mol. The first kappa shape index (κ1) is 16.1. The van der Waals surface area contributed by atoms with Gasteiger partial charge in [-0.05, 0) is 25.0 Å². The van der Waals surface area contributed by atoms with Gasteiger partial charge in [0.1, 0.15) is 17.3 Å². The number of piperazine rings is 1. The molecular formula is C16H21F2N3O2. The number of nitrogens with zero attached hydrogens (tertiary/aromatic N) is 2. The van der Waals surface area contributed by atoms with E-state index in [0.717, 1.165) is 51.2 Å². The zero-order valence-electron chi connectivity index (χ0n) is 12.9. The van der Waals surface area contributed by atoms with E-state index in [0.29, 0.717) is 19.2 Å². The molecule has 2 aliphatic rings. The van der Waals surface area contributed by atoms with E-state index in [-0.39, 0.29) is 5.69 Å². The summed E-state index contributed by atoms with van der Waals surface area (Å²) in [6.07, 6.45) is 2.50. The number of para-hydroxylation sites is 1. The van der Waals surface area contributed by atoms with Crippen LogP contribution in [-0.2, 0) is 4.74 Å². The van der Waals surface area contributed by atoms with Crippen LogP contribution in [0.3, 0.4) is 0 Å². The van der Waals surface area contributed by atoms with Crippen molar-refractivity contribution in [3.8, 4) is 0 Å². The molecule has 1 aromatic rings. The fourth-order valence-corrected chi connectivity index (χ4v) is 3.01. The maximum atomic E-state index is 13.6. The van der Waals surface area contributed by atoms with E-state index < -0.39 is 17.7 Å². The molecule has 7 heteroatoms. The molecule has 0 bridgehead atoms. The maximum absolute atomic E-state index is 13.6. The lowest BCUT2D eigenvalue weighted by Crippen LogP contribution is -2.51. The SMILES string of the molecule is O=C(Nc1c(F)cccc1F)N1CCN(CC2CCCO2)CC1. The van der Waals surface area contributed by atoms with E-state index >= 15 is 0 Å². The molecular weight excluding hydrogens is 304 g/mol. The van der Waals surface area contributed by atoms with Crippen LogP contribution in [0.4, 0.5) is 19.3 Å². The smallest absolute Gasteiger partial charge is 0.322 e. The highest BCUT2D eigenvalue weighted by Crippen LogP contribution is 2.19. The van der Waals surface area contributed by atoms with Crippen molar-refractivity contribution in [3.63, 3.8) is 0 Å². The van der Waals surface area contributed by atoms with Gasteiger partial charge in [-0.15, -0.1) is 0 Å². The quantitative estimate of drug-likeness (QED) is 0.927. The molecule has 0 saturated carbocycles. The van der Waals surface area contributed by atoms with Gasteiger partial charge in [-0.2, -0.15) is 0 Å². The Morgan fingerprint density at radius 1 is 1.22 bits per heavy atom. The van der Waals surface area contributed by atoms with Crippen molar-refractivity contribution >= 4 is 11.7 Å². The van der Waals surface area contributed by atoms with Crippen molar-refractivity contribution in [3.05, 3.63) is 29.8 Å². The third-order valence-electron chi connectivity index (χ3n) is 4.34. The standard InChI is InChI=1S/C16H21F2N3O2/c17-13-4-1-5-14(18)15(13)19-16(22)21-8-6-20(7-9-21)11-12-3-2-10-23-12/h1,4-5,12H,2-3,6-11H2,(H,19,22). The fourth-order valence-electron chi connectivity index (χ4n) is 3.01. The summed E-state index contributed by atoms with van der Waals surface area (Å²) in [4.78, 5) is 16.0. The number of halogens is 2. The molecule has 2 heterocycles. The first-order valence-corrected chi connectivity index (χ1v) is 7.97. The number of nitrogens with one attached hydrogen (secondary N) is 1. The molecule has 1 unspecified atom stereocenters. The lowest BCUT2D eigenvalue weighted by Gasteiger charge is -2.35. The highest BCUT2D eigenvalue weighted by Gasteiger charge is 2.25. The number of carbonyl (C=O) groups is 1. The average molecular weight is 325 g/mol. The number of anilines is 1. The molecule has 0 aliphatic carbocycles. The molecule has 1 aromatic carbocycles. The number of hydrogen-bond acceptors (Lipinski definition) is 3. The molecule has 0 aromatic heterocycles. The first-order chi connectivity index (χ1) is 11.1. The number of carbonyl (C=O) groups excluding carboxylic acids is 1. The number of amides is 2. The third-order valence-corrected chi connectivity index (χ3v) is 4.34. The molecule has 2 aliphatic heterocycles. The van der Waals surface area contributed by atoms with Crippen LogP contribution in [0, 0.1) is 11.6 Å². The van der Waals surface area contributed by atoms with Gasteiger partial charge in [-0.1, -0.05) is 6.07 Å². The number of ether oxygens (including phenoxy) is 1. The van der Waals surface area contributed by atoms with Crippen LogP contribution < -0.4 is 5.32 Å². The van der Waals surface area contributed by atoms with E-state index in [1.807, 2.05) is 0 Å². The largest absolute Gasteiger partial charge is 0.377 e. The van der Waals surface area contributed by atoms with E-state index in [9.17, 15) is 13.6 Å². The maximum Gasteiger partial charge on any atom is 0.322 e. The van der Waals surface area contributed by atoms with Gasteiger partial charge in [0, 0.05) is 39.3 Å². The van der Waals surface area contributed by atoms with Gasteiger partial charge in [-0.25, -0.2) is 13.6 Å². The highest BCUT2D eigenvalue weighted by atomic mass is 19.1. The summed E-state index contributed by atoms with van der Waals surface area (Å²) in [5.74, 6) is -1.54. The fraction of sp³-hybridized carbons (Fsp3) is 0.562. The van der Waals surface area contributed by atoms with Gasteiger partial charge in [0.15, 0.2) is 0 Å². The molecule has 0 radical (unpaired) electrons. The third kappa shape index (κ3) is 3.97. The Balaban J connectivity index is 1.50. The molecule has 5 nitrogen and oxygen atoms in total. The summed E-state index contributed by atoms with van der Waals surface area (Å²) >= 11 is 0. The van der Waals surface area contributed by atoms with Gasteiger partial charge >= 0.3 is 6.03 Å². The van der Waals surface area contributed by atoms with E-state index in [1.165, 1.54) is 6.07 Å². The summed E-state index contributed by atoms with van der Waals surface area (Å²) in [7, 11) is 0. The summed E-state index contributed by atoms with van der Waals surface area (Å²) in [6, 6.07) is 3.05. The summed E-state index contributed by atoms with van der Waals surface area (Å²) in [5.41, 5.74) is -0.390. The lowest BCUT2D eigenvalue weighted by molar-refractivity contribution is 0.0571. The van der Waals surface area contributed by atoms with Crippen molar-refractivity contribution in [2.24, 2.45) is 0 Å². The minimum atomic E-state index is -0.768. The Bertz CT molecular complexity index is 536. The zero-order chi connectivity index (χ0) is 16.2. The molecule has 1 atom stereocenters. The number of benzene rings is 1. The van der Waals surface area contributed by atoms with Crippen LogP contribution in [-0.4, -0.2) is 61.3 Å². The van der Waals surface area contributed by atoms with Crippen LogP contribution in [0.5, 0.6) is 0 Å². The van der Waals surface area contributed by atoms with Gasteiger partial charge in [0.2, 0.25) is 0 Å². The van der Waals surface area contributed by atoms with Crippen molar-refractivity contribution in [2.45, 2.75) is 18.9 Å². The van der Waals surface area contributed by atoms with Crippen LogP contribution in [0.25, 0.3) is 0 Å². The lowest BCUT2D eigenvalue weighted by atomic mass is 10.2. The Morgan fingerprint density at radius 2 is 1.91 bits per heavy atom. The normalized spacial score (nSPS) is 22.3. The van der Waals surface area contributed by atoms with Crippen molar-refractivity contribution < 1.29 is 18.3 Å². The van der Waals surface area contributed by atoms with Crippen LogP contribution >= 0.6 is 0 Å². The Hall–Kier alpha value is -1.73. The second-order valence-corrected chi connectivity index (χ2v) is 5.95.